The molecule has 2 heterocycles. The van der Waals surface area contributed by atoms with Crippen molar-refractivity contribution >= 4 is 23.6 Å². The van der Waals surface area contributed by atoms with E-state index in [-0.39, 0.29) is 5.91 Å². The summed E-state index contributed by atoms with van der Waals surface area (Å²) in [5.74, 6) is 1.17. The molecule has 0 bridgehead atoms. The lowest BCUT2D eigenvalue weighted by Gasteiger charge is -2.28. The Morgan fingerprint density at radius 3 is 2.87 bits per heavy atom. The van der Waals surface area contributed by atoms with Gasteiger partial charge in [-0.1, -0.05) is 35.5 Å². The molecule has 166 valence electrons. The number of rotatable bonds is 8. The molecule has 1 fully saturated rings. The van der Waals surface area contributed by atoms with Gasteiger partial charge in [-0.15, -0.1) is 10.2 Å². The number of benzene rings is 1. The number of morpholine rings is 1. The molecule has 0 spiro atoms. The van der Waals surface area contributed by atoms with Gasteiger partial charge in [0.25, 0.3) is 0 Å². The third kappa shape index (κ3) is 5.89. The minimum Gasteiger partial charge on any atom is -0.378 e. The Morgan fingerprint density at radius 2 is 2.10 bits per heavy atom. The van der Waals surface area contributed by atoms with Crippen molar-refractivity contribution in [3.8, 4) is 5.69 Å². The van der Waals surface area contributed by atoms with Crippen molar-refractivity contribution in [2.24, 2.45) is 0 Å². The lowest BCUT2D eigenvalue weighted by atomic mass is 9.97. The fourth-order valence-corrected chi connectivity index (χ4v) is 4.77. The van der Waals surface area contributed by atoms with Crippen LogP contribution in [0, 0.1) is 6.92 Å². The molecule has 1 aromatic heterocycles. The molecule has 4 rings (SSSR count). The van der Waals surface area contributed by atoms with Crippen molar-refractivity contribution in [3.05, 3.63) is 41.5 Å². The van der Waals surface area contributed by atoms with Crippen LogP contribution < -0.4 is 10.2 Å². The van der Waals surface area contributed by atoms with Crippen LogP contribution in [-0.4, -0.2) is 59.3 Å². The van der Waals surface area contributed by atoms with Gasteiger partial charge >= 0.3 is 0 Å². The zero-order valence-electron chi connectivity index (χ0n) is 18.2. The summed E-state index contributed by atoms with van der Waals surface area (Å²) in [7, 11) is 0. The first-order chi connectivity index (χ1) is 15.2. The van der Waals surface area contributed by atoms with Gasteiger partial charge in [-0.3, -0.25) is 9.36 Å². The Kier molecular flexibility index (Phi) is 7.64. The first kappa shape index (κ1) is 21.9. The molecule has 7 nitrogen and oxygen atoms in total. The highest BCUT2D eigenvalue weighted by Crippen LogP contribution is 2.27. The van der Waals surface area contributed by atoms with E-state index in [0.717, 1.165) is 36.3 Å². The van der Waals surface area contributed by atoms with Gasteiger partial charge in [-0.2, -0.15) is 0 Å². The molecule has 1 aliphatic heterocycles. The minimum atomic E-state index is 0.0353. The van der Waals surface area contributed by atoms with Crippen molar-refractivity contribution in [2.45, 2.75) is 44.2 Å². The van der Waals surface area contributed by atoms with E-state index in [2.05, 4.69) is 56.2 Å². The van der Waals surface area contributed by atoms with Gasteiger partial charge in [-0.05, 0) is 56.7 Å². The van der Waals surface area contributed by atoms with E-state index in [9.17, 15) is 4.79 Å². The predicted octanol–water partition coefficient (Wildman–Crippen LogP) is 3.51. The standard InChI is InChI=1S/C23H31N5O2S/c1-18-6-5-9-20(16-18)28-22(27-12-14-30-15-13-27)25-26-23(28)31-17-21(29)24-11-10-19-7-3-2-4-8-19/h5-7,9,16H,2-4,8,10-15,17H2,1H3,(H,24,29). The van der Waals surface area contributed by atoms with Crippen molar-refractivity contribution in [2.75, 3.05) is 43.5 Å². The van der Waals surface area contributed by atoms with Crippen LogP contribution in [-0.2, 0) is 9.53 Å². The summed E-state index contributed by atoms with van der Waals surface area (Å²) in [4.78, 5) is 14.6. The number of hydrogen-bond acceptors (Lipinski definition) is 6. The van der Waals surface area contributed by atoms with E-state index < -0.39 is 0 Å². The number of thioether (sulfide) groups is 1. The molecule has 1 aliphatic carbocycles. The van der Waals surface area contributed by atoms with Crippen LogP contribution in [0.25, 0.3) is 5.69 Å². The van der Waals surface area contributed by atoms with E-state index in [1.54, 1.807) is 0 Å². The number of hydrogen-bond donors (Lipinski definition) is 1. The lowest BCUT2D eigenvalue weighted by Crippen LogP contribution is -2.37. The Bertz CT molecular complexity index is 920. The molecule has 0 atom stereocenters. The first-order valence-electron chi connectivity index (χ1n) is 11.1. The molecule has 1 saturated heterocycles. The molecule has 31 heavy (non-hydrogen) atoms. The summed E-state index contributed by atoms with van der Waals surface area (Å²) in [5, 5.41) is 12.7. The van der Waals surface area contributed by atoms with E-state index in [4.69, 9.17) is 4.74 Å². The highest BCUT2D eigenvalue weighted by molar-refractivity contribution is 7.99. The molecule has 2 aliphatic rings. The molecule has 1 N–H and O–H groups in total. The number of aromatic nitrogens is 3. The SMILES string of the molecule is Cc1cccc(-n2c(SCC(=O)NCCC3=CCCCC3)nnc2N2CCOCC2)c1. The minimum absolute atomic E-state index is 0.0353. The number of anilines is 1. The maximum absolute atomic E-state index is 12.4. The van der Waals surface area contributed by atoms with Gasteiger partial charge in [0.05, 0.1) is 24.7 Å². The summed E-state index contributed by atoms with van der Waals surface area (Å²) in [6.07, 6.45) is 8.21. The summed E-state index contributed by atoms with van der Waals surface area (Å²) < 4.78 is 7.55. The molecule has 2 aromatic rings. The monoisotopic (exact) mass is 441 g/mol. The molecule has 0 saturated carbocycles. The predicted molar refractivity (Wildman–Crippen MR) is 124 cm³/mol. The molecular weight excluding hydrogens is 410 g/mol. The van der Waals surface area contributed by atoms with Crippen molar-refractivity contribution in [3.63, 3.8) is 0 Å². The van der Waals surface area contributed by atoms with Gasteiger partial charge in [0.1, 0.15) is 0 Å². The number of carbonyl (C=O) groups is 1. The molecule has 0 radical (unpaired) electrons. The average Bonchev–Trinajstić information content (AvgIpc) is 3.23. The number of allylic oxidation sites excluding steroid dienone is 1. The van der Waals surface area contributed by atoms with Crippen molar-refractivity contribution in [1.29, 1.82) is 0 Å². The van der Waals surface area contributed by atoms with Crippen LogP contribution >= 0.6 is 11.8 Å². The van der Waals surface area contributed by atoms with Crippen LogP contribution in [0.4, 0.5) is 5.95 Å². The van der Waals surface area contributed by atoms with E-state index in [0.29, 0.717) is 25.5 Å². The number of aryl methyl sites for hydroxylation is 1. The third-order valence-corrected chi connectivity index (χ3v) is 6.58. The highest BCUT2D eigenvalue weighted by Gasteiger charge is 2.22. The second-order valence-electron chi connectivity index (χ2n) is 8.05. The highest BCUT2D eigenvalue weighted by atomic mass is 32.2. The fourth-order valence-electron chi connectivity index (χ4n) is 3.99. The van der Waals surface area contributed by atoms with Gasteiger partial charge in [-0.25, -0.2) is 0 Å². The molecule has 1 amide bonds. The Morgan fingerprint density at radius 1 is 1.23 bits per heavy atom. The second-order valence-corrected chi connectivity index (χ2v) is 9.00. The number of carbonyl (C=O) groups excluding carboxylic acids is 1. The Balaban J connectivity index is 1.41. The number of amides is 1. The van der Waals surface area contributed by atoms with Gasteiger partial charge in [0, 0.05) is 19.6 Å². The van der Waals surface area contributed by atoms with Gasteiger partial charge in [0.2, 0.25) is 11.9 Å². The molecular formula is C23H31N5O2S. The van der Waals surface area contributed by atoms with E-state index in [1.807, 2.05) is 6.07 Å². The lowest BCUT2D eigenvalue weighted by molar-refractivity contribution is -0.118. The number of nitrogens with one attached hydrogen (secondary N) is 1. The third-order valence-electron chi connectivity index (χ3n) is 5.66. The smallest absolute Gasteiger partial charge is 0.232 e. The summed E-state index contributed by atoms with van der Waals surface area (Å²) in [6, 6.07) is 8.29. The van der Waals surface area contributed by atoms with Gasteiger partial charge in [0.15, 0.2) is 5.16 Å². The number of nitrogens with zero attached hydrogens (tertiary/aromatic N) is 4. The summed E-state index contributed by atoms with van der Waals surface area (Å²) in [6.45, 7) is 5.71. The molecule has 8 heteroatoms. The largest absolute Gasteiger partial charge is 0.378 e. The van der Waals surface area contributed by atoms with Crippen LogP contribution in [0.5, 0.6) is 0 Å². The Hall–Kier alpha value is -2.32. The number of ether oxygens (including phenoxy) is 1. The van der Waals surface area contributed by atoms with Crippen LogP contribution in [0.3, 0.4) is 0 Å². The van der Waals surface area contributed by atoms with Crippen LogP contribution in [0.15, 0.2) is 41.1 Å². The first-order valence-corrected chi connectivity index (χ1v) is 12.1. The molecule has 0 unspecified atom stereocenters. The normalized spacial score (nSPS) is 16.8. The summed E-state index contributed by atoms with van der Waals surface area (Å²) in [5.41, 5.74) is 3.66. The van der Waals surface area contributed by atoms with Crippen LogP contribution in [0.1, 0.15) is 37.7 Å². The summed E-state index contributed by atoms with van der Waals surface area (Å²) >= 11 is 1.43. The van der Waals surface area contributed by atoms with Gasteiger partial charge < -0.3 is 15.0 Å². The topological polar surface area (TPSA) is 72.3 Å². The molecule has 1 aromatic carbocycles. The maximum atomic E-state index is 12.4. The van der Waals surface area contributed by atoms with Crippen LogP contribution in [0.2, 0.25) is 0 Å². The quantitative estimate of drug-likeness (QED) is 0.499. The van der Waals surface area contributed by atoms with E-state index >= 15 is 0 Å². The van der Waals surface area contributed by atoms with Crippen molar-refractivity contribution in [1.82, 2.24) is 20.1 Å². The second kappa shape index (κ2) is 10.8. The Labute approximate surface area is 188 Å². The maximum Gasteiger partial charge on any atom is 0.232 e. The van der Waals surface area contributed by atoms with Crippen molar-refractivity contribution < 1.29 is 9.53 Å². The fraction of sp³-hybridized carbons (Fsp3) is 0.522. The zero-order chi connectivity index (χ0) is 21.5. The zero-order valence-corrected chi connectivity index (χ0v) is 19.0. The average molecular weight is 442 g/mol. The van der Waals surface area contributed by atoms with E-state index in [1.165, 1.54) is 48.6 Å².